The highest BCUT2D eigenvalue weighted by Crippen LogP contribution is 2.41. The molecule has 0 aliphatic heterocycles. The number of amides is 1. The van der Waals surface area contributed by atoms with E-state index in [2.05, 4.69) is 10.3 Å². The number of aromatic nitrogens is 2. The van der Waals surface area contributed by atoms with Gasteiger partial charge in [0.25, 0.3) is 0 Å². The first-order chi connectivity index (χ1) is 14.2. The highest BCUT2D eigenvalue weighted by atomic mass is 32.2. The molecule has 0 bridgehead atoms. The maximum absolute atomic E-state index is 13.6. The first kappa shape index (κ1) is 24.6. The van der Waals surface area contributed by atoms with Gasteiger partial charge < -0.3 is 19.7 Å². The number of rotatable bonds is 8. The zero-order valence-electron chi connectivity index (χ0n) is 17.3. The second kappa shape index (κ2) is 8.85. The maximum Gasteiger partial charge on any atom is 0.425 e. The van der Waals surface area contributed by atoms with E-state index in [9.17, 15) is 31.5 Å². The fourth-order valence-electron chi connectivity index (χ4n) is 2.77. The Kier molecular flexibility index (Phi) is 7.03. The molecular weight excluding hydrogens is 441 g/mol. The van der Waals surface area contributed by atoms with Crippen LogP contribution in [0.3, 0.4) is 0 Å². The standard InChI is InChI=1S/C18H23F3N4O5S/c1-5-30-13-7-6-12(10-14(13)31(28,29)24(2)3)23-15(26)11-17(27,18(19,20)21)16-22-8-9-25(16)4/h6-10,27H,5,11H2,1-4H3,(H,23,26)/t17-/m0/s1. The van der Waals surface area contributed by atoms with Gasteiger partial charge in [-0.25, -0.2) is 17.7 Å². The Morgan fingerprint density at radius 3 is 2.45 bits per heavy atom. The van der Waals surface area contributed by atoms with Crippen molar-refractivity contribution in [2.45, 2.75) is 30.0 Å². The zero-order valence-corrected chi connectivity index (χ0v) is 18.1. The molecule has 0 aliphatic rings. The number of hydrogen-bond donors (Lipinski definition) is 2. The van der Waals surface area contributed by atoms with E-state index in [0.29, 0.717) is 0 Å². The Balaban J connectivity index is 2.38. The fourth-order valence-corrected chi connectivity index (χ4v) is 3.82. The van der Waals surface area contributed by atoms with E-state index >= 15 is 0 Å². The lowest BCUT2D eigenvalue weighted by molar-refractivity contribution is -0.270. The van der Waals surface area contributed by atoms with Crippen molar-refractivity contribution < 1.29 is 36.2 Å². The number of imidazole rings is 1. The van der Waals surface area contributed by atoms with Gasteiger partial charge in [0.05, 0.1) is 13.0 Å². The predicted octanol–water partition coefficient (Wildman–Crippen LogP) is 1.85. The van der Waals surface area contributed by atoms with Crippen LogP contribution >= 0.6 is 0 Å². The molecule has 1 aromatic carbocycles. The third kappa shape index (κ3) is 4.99. The Morgan fingerprint density at radius 1 is 1.32 bits per heavy atom. The van der Waals surface area contributed by atoms with Crippen molar-refractivity contribution in [2.75, 3.05) is 26.0 Å². The summed E-state index contributed by atoms with van der Waals surface area (Å²) in [6, 6.07) is 3.64. The molecule has 9 nitrogen and oxygen atoms in total. The summed E-state index contributed by atoms with van der Waals surface area (Å²) in [5.74, 6) is -1.92. The lowest BCUT2D eigenvalue weighted by Gasteiger charge is -2.29. The number of halogens is 3. The molecule has 1 atom stereocenters. The number of carbonyl (C=O) groups is 1. The molecule has 2 N–H and O–H groups in total. The molecule has 1 heterocycles. The molecule has 0 radical (unpaired) electrons. The molecule has 2 rings (SSSR count). The van der Waals surface area contributed by atoms with Gasteiger partial charge in [0.1, 0.15) is 10.6 Å². The molecule has 1 amide bonds. The quantitative estimate of drug-likeness (QED) is 0.617. The van der Waals surface area contributed by atoms with Crippen molar-refractivity contribution in [2.24, 2.45) is 7.05 Å². The van der Waals surface area contributed by atoms with Crippen LogP contribution in [0.15, 0.2) is 35.5 Å². The normalized spacial score (nSPS) is 14.4. The van der Waals surface area contributed by atoms with Crippen LogP contribution in [-0.4, -0.2) is 60.2 Å². The van der Waals surface area contributed by atoms with Crippen molar-refractivity contribution in [3.63, 3.8) is 0 Å². The van der Waals surface area contributed by atoms with E-state index in [0.717, 1.165) is 21.1 Å². The van der Waals surface area contributed by atoms with Crippen LogP contribution in [-0.2, 0) is 27.5 Å². The average Bonchev–Trinajstić information content (AvgIpc) is 3.08. The highest BCUT2D eigenvalue weighted by molar-refractivity contribution is 7.89. The van der Waals surface area contributed by atoms with Crippen LogP contribution in [0.25, 0.3) is 0 Å². The molecule has 0 spiro atoms. The summed E-state index contributed by atoms with van der Waals surface area (Å²) in [5.41, 5.74) is -3.63. The van der Waals surface area contributed by atoms with Gasteiger partial charge in [-0.05, 0) is 25.1 Å². The van der Waals surface area contributed by atoms with Gasteiger partial charge in [-0.1, -0.05) is 0 Å². The molecular formula is C18H23F3N4O5S. The fraction of sp³-hybridized carbons (Fsp3) is 0.444. The number of nitrogens with zero attached hydrogens (tertiary/aromatic N) is 3. The van der Waals surface area contributed by atoms with Crippen molar-refractivity contribution in [3.8, 4) is 5.75 Å². The summed E-state index contributed by atoms with van der Waals surface area (Å²) in [6.07, 6.45) is -4.31. The second-order valence-corrected chi connectivity index (χ2v) is 8.95. The molecule has 0 unspecified atom stereocenters. The van der Waals surface area contributed by atoms with Crippen molar-refractivity contribution >= 4 is 21.6 Å². The Hall–Kier alpha value is -2.64. The molecule has 13 heteroatoms. The van der Waals surface area contributed by atoms with E-state index in [1.54, 1.807) is 6.92 Å². The summed E-state index contributed by atoms with van der Waals surface area (Å²) >= 11 is 0. The Bertz CT molecular complexity index is 1050. The summed E-state index contributed by atoms with van der Waals surface area (Å²) in [4.78, 5) is 15.6. The van der Waals surface area contributed by atoms with Crippen LogP contribution in [0, 0.1) is 0 Å². The number of sulfonamides is 1. The zero-order chi connectivity index (χ0) is 23.6. The molecule has 0 saturated heterocycles. The summed E-state index contributed by atoms with van der Waals surface area (Å²) < 4.78 is 73.1. The number of anilines is 1. The Labute approximate surface area is 177 Å². The Morgan fingerprint density at radius 2 is 1.97 bits per heavy atom. The number of nitrogens with one attached hydrogen (secondary N) is 1. The summed E-state index contributed by atoms with van der Waals surface area (Å²) in [6.45, 7) is 1.82. The first-order valence-electron chi connectivity index (χ1n) is 9.00. The van der Waals surface area contributed by atoms with Gasteiger partial charge in [-0.2, -0.15) is 13.2 Å². The van der Waals surface area contributed by atoms with Gasteiger partial charge in [0, 0.05) is 39.2 Å². The largest absolute Gasteiger partial charge is 0.492 e. The summed E-state index contributed by atoms with van der Waals surface area (Å²) in [7, 11) is -0.125. The van der Waals surface area contributed by atoms with E-state index in [4.69, 9.17) is 4.74 Å². The van der Waals surface area contributed by atoms with Crippen LogP contribution in [0.2, 0.25) is 0 Å². The lowest BCUT2D eigenvalue weighted by atomic mass is 9.97. The molecule has 2 aromatic rings. The van der Waals surface area contributed by atoms with Crippen LogP contribution in [0.5, 0.6) is 5.75 Å². The third-order valence-corrected chi connectivity index (χ3v) is 6.20. The number of hydrogen-bond acceptors (Lipinski definition) is 6. The number of alkyl halides is 3. The topological polar surface area (TPSA) is 114 Å². The molecule has 1 aromatic heterocycles. The highest BCUT2D eigenvalue weighted by Gasteiger charge is 2.58. The number of benzene rings is 1. The number of carbonyl (C=O) groups excluding carboxylic acids is 1. The average molecular weight is 464 g/mol. The van der Waals surface area contributed by atoms with Crippen molar-refractivity contribution in [1.82, 2.24) is 13.9 Å². The van der Waals surface area contributed by atoms with E-state index in [1.807, 2.05) is 0 Å². The van der Waals surface area contributed by atoms with E-state index in [-0.39, 0.29) is 22.9 Å². The minimum absolute atomic E-state index is 0.0222. The first-order valence-corrected chi connectivity index (χ1v) is 10.4. The van der Waals surface area contributed by atoms with E-state index < -0.39 is 40.0 Å². The molecule has 0 aliphatic carbocycles. The molecule has 172 valence electrons. The van der Waals surface area contributed by atoms with Gasteiger partial charge in [-0.15, -0.1) is 0 Å². The third-order valence-electron chi connectivity index (χ3n) is 4.36. The minimum atomic E-state index is -5.19. The number of ether oxygens (including phenoxy) is 1. The monoisotopic (exact) mass is 464 g/mol. The molecule has 0 saturated carbocycles. The van der Waals surface area contributed by atoms with Gasteiger partial charge in [-0.3, -0.25) is 4.79 Å². The minimum Gasteiger partial charge on any atom is -0.492 e. The van der Waals surface area contributed by atoms with Crippen molar-refractivity contribution in [3.05, 3.63) is 36.4 Å². The second-order valence-electron chi connectivity index (χ2n) is 6.83. The smallest absolute Gasteiger partial charge is 0.425 e. The van der Waals surface area contributed by atoms with Crippen LogP contribution in [0.4, 0.5) is 18.9 Å². The molecule has 31 heavy (non-hydrogen) atoms. The van der Waals surface area contributed by atoms with E-state index in [1.165, 1.54) is 39.5 Å². The van der Waals surface area contributed by atoms with Crippen LogP contribution in [0.1, 0.15) is 19.2 Å². The van der Waals surface area contributed by atoms with Crippen molar-refractivity contribution in [1.29, 1.82) is 0 Å². The number of aliphatic hydroxyl groups is 1. The van der Waals surface area contributed by atoms with Crippen LogP contribution < -0.4 is 10.1 Å². The lowest BCUT2D eigenvalue weighted by Crippen LogP contribution is -2.46. The SMILES string of the molecule is CCOc1ccc(NC(=O)C[C@](O)(c2nccn2C)C(F)(F)F)cc1S(=O)(=O)N(C)C. The van der Waals surface area contributed by atoms with Gasteiger partial charge in [0.15, 0.2) is 5.82 Å². The maximum atomic E-state index is 13.6. The number of aryl methyl sites for hydroxylation is 1. The predicted molar refractivity (Wildman–Crippen MR) is 105 cm³/mol. The van der Waals surface area contributed by atoms with Gasteiger partial charge >= 0.3 is 6.18 Å². The summed E-state index contributed by atoms with van der Waals surface area (Å²) in [5, 5.41) is 12.5. The van der Waals surface area contributed by atoms with Gasteiger partial charge in [0.2, 0.25) is 21.5 Å². The molecule has 0 fully saturated rings.